The maximum Gasteiger partial charge on any atom is 0.113 e. The molecule has 5 heteroatoms. The lowest BCUT2D eigenvalue weighted by atomic mass is 9.82. The summed E-state index contributed by atoms with van der Waals surface area (Å²) in [5.41, 5.74) is 3.17. The van der Waals surface area contributed by atoms with E-state index in [-0.39, 0.29) is 10.8 Å². The fraction of sp³-hybridized carbons (Fsp3) is 0.706. The summed E-state index contributed by atoms with van der Waals surface area (Å²) in [7, 11) is 0. The minimum Gasteiger partial charge on any atom is -0.266 e. The van der Waals surface area contributed by atoms with Crippen LogP contribution in [0.15, 0.2) is 16.9 Å². The monoisotopic (exact) mass is 304 g/mol. The molecule has 2 aromatic rings. The third-order valence-electron chi connectivity index (χ3n) is 4.34. The van der Waals surface area contributed by atoms with Crippen LogP contribution in [0.2, 0.25) is 0 Å². The molecule has 0 amide bonds. The molecule has 2 heterocycles. The van der Waals surface area contributed by atoms with E-state index in [9.17, 15) is 0 Å². The molecule has 0 spiro atoms. The lowest BCUT2D eigenvalue weighted by molar-refractivity contribution is 0.287. The van der Waals surface area contributed by atoms with E-state index in [0.717, 1.165) is 24.2 Å². The van der Waals surface area contributed by atoms with Crippen LogP contribution in [0.3, 0.4) is 0 Å². The molecular formula is C17H28N4O. The zero-order valence-corrected chi connectivity index (χ0v) is 14.8. The van der Waals surface area contributed by atoms with E-state index in [1.165, 1.54) is 5.69 Å². The molecule has 0 fully saturated rings. The molecule has 1 atom stereocenters. The van der Waals surface area contributed by atoms with Gasteiger partial charge in [-0.05, 0) is 32.8 Å². The van der Waals surface area contributed by atoms with Gasteiger partial charge >= 0.3 is 0 Å². The van der Waals surface area contributed by atoms with Gasteiger partial charge in [0.05, 0.1) is 0 Å². The third-order valence-corrected chi connectivity index (χ3v) is 4.34. The third kappa shape index (κ3) is 3.39. The first-order valence-electron chi connectivity index (χ1n) is 7.96. The molecular weight excluding hydrogens is 276 g/mol. The molecule has 0 aliphatic rings. The molecule has 0 radical (unpaired) electrons. The molecule has 0 saturated carbocycles. The van der Waals surface area contributed by atoms with E-state index in [4.69, 9.17) is 4.63 Å². The molecule has 0 aliphatic heterocycles. The van der Waals surface area contributed by atoms with Gasteiger partial charge in [0, 0.05) is 28.8 Å². The Bertz CT molecular complexity index is 619. The van der Waals surface area contributed by atoms with Crippen molar-refractivity contribution in [3.05, 3.63) is 29.3 Å². The number of aryl methyl sites for hydroxylation is 1. The van der Waals surface area contributed by atoms with E-state index < -0.39 is 0 Å². The summed E-state index contributed by atoms with van der Waals surface area (Å²) in [5, 5.41) is 12.5. The average molecular weight is 304 g/mol. The molecule has 0 bridgehead atoms. The molecule has 2 rings (SSSR count). The molecule has 122 valence electrons. The second kappa shape index (κ2) is 5.86. The van der Waals surface area contributed by atoms with Gasteiger partial charge in [0.2, 0.25) is 0 Å². The molecule has 0 saturated heterocycles. The second-order valence-electron chi connectivity index (χ2n) is 7.88. The van der Waals surface area contributed by atoms with Gasteiger partial charge in [0.1, 0.15) is 11.4 Å². The summed E-state index contributed by atoms with van der Waals surface area (Å²) in [6.45, 7) is 15.2. The van der Waals surface area contributed by atoms with Gasteiger partial charge in [0.25, 0.3) is 0 Å². The zero-order chi connectivity index (χ0) is 16.5. The van der Waals surface area contributed by atoms with Crippen molar-refractivity contribution in [2.45, 2.75) is 78.2 Å². The Kier molecular flexibility index (Phi) is 4.45. The van der Waals surface area contributed by atoms with Gasteiger partial charge < -0.3 is 0 Å². The SMILES string of the molecule is Cc1nonc1C(C)(C)CCC(C)n1nccc1C(C)(C)C. The Morgan fingerprint density at radius 2 is 1.86 bits per heavy atom. The van der Waals surface area contributed by atoms with Crippen molar-refractivity contribution < 1.29 is 4.63 Å². The van der Waals surface area contributed by atoms with Crippen molar-refractivity contribution in [1.82, 2.24) is 20.1 Å². The first-order valence-corrected chi connectivity index (χ1v) is 7.96. The average Bonchev–Trinajstić information content (AvgIpc) is 3.03. The lowest BCUT2D eigenvalue weighted by Crippen LogP contribution is -2.24. The first-order chi connectivity index (χ1) is 10.1. The van der Waals surface area contributed by atoms with Crippen LogP contribution in [-0.4, -0.2) is 20.1 Å². The number of nitrogens with zero attached hydrogens (tertiary/aromatic N) is 4. The number of hydrogen-bond donors (Lipinski definition) is 0. The maximum atomic E-state index is 4.86. The minimum atomic E-state index is -0.0482. The fourth-order valence-corrected chi connectivity index (χ4v) is 2.91. The maximum absolute atomic E-state index is 4.86. The van der Waals surface area contributed by atoms with Crippen molar-refractivity contribution in [2.24, 2.45) is 0 Å². The molecule has 0 aromatic carbocycles. The highest BCUT2D eigenvalue weighted by molar-refractivity contribution is 5.17. The fourth-order valence-electron chi connectivity index (χ4n) is 2.91. The van der Waals surface area contributed by atoms with Gasteiger partial charge in [-0.25, -0.2) is 4.63 Å². The van der Waals surface area contributed by atoms with Crippen LogP contribution in [0.1, 0.15) is 77.5 Å². The number of aromatic nitrogens is 4. The predicted molar refractivity (Wildman–Crippen MR) is 86.9 cm³/mol. The summed E-state index contributed by atoms with van der Waals surface area (Å²) in [4.78, 5) is 0. The summed E-state index contributed by atoms with van der Waals surface area (Å²) in [6.07, 6.45) is 3.94. The quantitative estimate of drug-likeness (QED) is 0.831. The van der Waals surface area contributed by atoms with Crippen LogP contribution in [0.5, 0.6) is 0 Å². The smallest absolute Gasteiger partial charge is 0.113 e. The van der Waals surface area contributed by atoms with Crippen molar-refractivity contribution in [3.63, 3.8) is 0 Å². The van der Waals surface area contributed by atoms with Crippen molar-refractivity contribution >= 4 is 0 Å². The minimum absolute atomic E-state index is 0.0482. The summed E-state index contributed by atoms with van der Waals surface area (Å²) in [5.74, 6) is 0. The van der Waals surface area contributed by atoms with E-state index >= 15 is 0 Å². The highest BCUT2D eigenvalue weighted by Gasteiger charge is 2.29. The first kappa shape index (κ1) is 16.7. The lowest BCUT2D eigenvalue weighted by Gasteiger charge is -2.27. The predicted octanol–water partition coefficient (Wildman–Crippen LogP) is 4.19. The van der Waals surface area contributed by atoms with Gasteiger partial charge in [-0.3, -0.25) is 4.68 Å². The molecule has 0 N–H and O–H groups in total. The zero-order valence-electron chi connectivity index (χ0n) is 14.8. The van der Waals surface area contributed by atoms with Gasteiger partial charge in [-0.2, -0.15) is 5.10 Å². The van der Waals surface area contributed by atoms with Crippen LogP contribution < -0.4 is 0 Å². The largest absolute Gasteiger partial charge is 0.266 e. The molecule has 0 aliphatic carbocycles. The van der Waals surface area contributed by atoms with Crippen LogP contribution in [0.4, 0.5) is 0 Å². The highest BCUT2D eigenvalue weighted by Crippen LogP contribution is 2.32. The van der Waals surface area contributed by atoms with Gasteiger partial charge in [-0.1, -0.05) is 44.9 Å². The topological polar surface area (TPSA) is 56.7 Å². The van der Waals surface area contributed by atoms with Crippen LogP contribution in [-0.2, 0) is 10.8 Å². The number of hydrogen-bond acceptors (Lipinski definition) is 4. The van der Waals surface area contributed by atoms with E-state index in [1.807, 2.05) is 13.1 Å². The summed E-state index contributed by atoms with van der Waals surface area (Å²) in [6, 6.07) is 2.47. The number of rotatable bonds is 5. The Hall–Kier alpha value is -1.65. The van der Waals surface area contributed by atoms with Gasteiger partial charge in [-0.15, -0.1) is 0 Å². The Morgan fingerprint density at radius 3 is 2.41 bits per heavy atom. The van der Waals surface area contributed by atoms with E-state index in [1.54, 1.807) is 0 Å². The molecule has 22 heavy (non-hydrogen) atoms. The van der Waals surface area contributed by atoms with E-state index in [0.29, 0.717) is 6.04 Å². The highest BCUT2D eigenvalue weighted by atomic mass is 16.6. The molecule has 5 nitrogen and oxygen atoms in total. The molecule has 2 aromatic heterocycles. The van der Waals surface area contributed by atoms with Crippen LogP contribution in [0.25, 0.3) is 0 Å². The van der Waals surface area contributed by atoms with Crippen molar-refractivity contribution in [1.29, 1.82) is 0 Å². The van der Waals surface area contributed by atoms with Crippen LogP contribution >= 0.6 is 0 Å². The Labute approximate surface area is 133 Å². The summed E-state index contributed by atoms with van der Waals surface area (Å²) < 4.78 is 7.01. The Morgan fingerprint density at radius 1 is 1.18 bits per heavy atom. The molecule has 1 unspecified atom stereocenters. The van der Waals surface area contributed by atoms with Crippen LogP contribution in [0, 0.1) is 6.92 Å². The normalized spacial score (nSPS) is 14.3. The summed E-state index contributed by atoms with van der Waals surface area (Å²) >= 11 is 0. The van der Waals surface area contributed by atoms with Gasteiger partial charge in [0.15, 0.2) is 0 Å². The Balaban J connectivity index is 2.09. The van der Waals surface area contributed by atoms with Crippen molar-refractivity contribution in [3.8, 4) is 0 Å². The standard InChI is InChI=1S/C17H28N4O/c1-12(21-14(9-11-18-21)16(3,4)5)8-10-17(6,7)15-13(2)19-22-20-15/h9,11-12H,8,10H2,1-7H3. The van der Waals surface area contributed by atoms with Crippen molar-refractivity contribution in [2.75, 3.05) is 0 Å². The van der Waals surface area contributed by atoms with E-state index in [2.05, 4.69) is 67.7 Å². The second-order valence-corrected chi connectivity index (χ2v) is 7.88.